The zero-order valence-electron chi connectivity index (χ0n) is 14.2. The van der Waals surface area contributed by atoms with Crippen molar-refractivity contribution >= 4 is 23.5 Å². The molecule has 126 valence electrons. The Hall–Kier alpha value is -2.37. The lowest BCUT2D eigenvalue weighted by molar-refractivity contribution is -0.138. The van der Waals surface area contributed by atoms with Crippen molar-refractivity contribution in [2.45, 2.75) is 27.7 Å². The van der Waals surface area contributed by atoms with E-state index >= 15 is 0 Å². The molecule has 0 spiro atoms. The van der Waals surface area contributed by atoms with E-state index in [-0.39, 0.29) is 5.91 Å². The number of hydrogen-bond donors (Lipinski definition) is 2. The molecule has 23 heavy (non-hydrogen) atoms. The van der Waals surface area contributed by atoms with Gasteiger partial charge >= 0.3 is 5.97 Å². The predicted octanol–water partition coefficient (Wildman–Crippen LogP) is 2.21. The average Bonchev–Trinajstić information content (AvgIpc) is 2.51. The lowest BCUT2D eigenvalue weighted by Gasteiger charge is -2.23. The Morgan fingerprint density at radius 1 is 1.17 bits per heavy atom. The van der Waals surface area contributed by atoms with Crippen LogP contribution in [0.4, 0.5) is 5.69 Å². The second kappa shape index (κ2) is 7.76. The van der Waals surface area contributed by atoms with Crippen molar-refractivity contribution in [1.82, 2.24) is 5.32 Å². The number of rotatable bonds is 6. The zero-order valence-corrected chi connectivity index (χ0v) is 14.2. The van der Waals surface area contributed by atoms with Crippen LogP contribution in [-0.4, -0.2) is 31.4 Å². The summed E-state index contributed by atoms with van der Waals surface area (Å²) in [5.41, 5.74) is -0.467. The van der Waals surface area contributed by atoms with Crippen LogP contribution in [0.1, 0.15) is 38.1 Å². The maximum Gasteiger partial charge on any atom is 0.337 e. The highest BCUT2D eigenvalue weighted by molar-refractivity contribution is 6.10. The Balaban J connectivity index is 2.81. The summed E-state index contributed by atoms with van der Waals surface area (Å²) in [4.78, 5) is 36.1. The van der Waals surface area contributed by atoms with Crippen LogP contribution >= 0.6 is 0 Å². The number of benzene rings is 1. The summed E-state index contributed by atoms with van der Waals surface area (Å²) in [6.45, 7) is 7.58. The molecule has 2 N–H and O–H groups in total. The maximum atomic E-state index is 12.4. The summed E-state index contributed by atoms with van der Waals surface area (Å²) >= 11 is 0. The van der Waals surface area contributed by atoms with E-state index in [1.807, 2.05) is 13.8 Å². The Morgan fingerprint density at radius 3 is 2.39 bits per heavy atom. The van der Waals surface area contributed by atoms with Gasteiger partial charge in [-0.25, -0.2) is 4.79 Å². The maximum absolute atomic E-state index is 12.4. The number of anilines is 1. The molecular formula is C17H24N2O4. The van der Waals surface area contributed by atoms with E-state index in [0.29, 0.717) is 23.7 Å². The van der Waals surface area contributed by atoms with E-state index in [1.54, 1.807) is 32.0 Å². The van der Waals surface area contributed by atoms with Gasteiger partial charge in [-0.05, 0) is 38.0 Å². The molecule has 2 amide bonds. The van der Waals surface area contributed by atoms with Gasteiger partial charge < -0.3 is 15.4 Å². The van der Waals surface area contributed by atoms with Gasteiger partial charge in [0, 0.05) is 12.2 Å². The molecule has 0 aliphatic rings. The lowest BCUT2D eigenvalue weighted by Crippen LogP contribution is -2.46. The highest BCUT2D eigenvalue weighted by Crippen LogP contribution is 2.20. The minimum atomic E-state index is -1.23. The van der Waals surface area contributed by atoms with Crippen LogP contribution in [0.2, 0.25) is 0 Å². The molecule has 0 fully saturated rings. The molecule has 6 nitrogen and oxygen atoms in total. The summed E-state index contributed by atoms with van der Waals surface area (Å²) in [5.74, 6) is -0.974. The van der Waals surface area contributed by atoms with E-state index in [2.05, 4.69) is 15.4 Å². The molecule has 0 aromatic heterocycles. The monoisotopic (exact) mass is 320 g/mol. The Kier molecular flexibility index (Phi) is 6.30. The van der Waals surface area contributed by atoms with Crippen molar-refractivity contribution in [1.29, 1.82) is 0 Å². The number of ether oxygens (including phenoxy) is 1. The van der Waals surface area contributed by atoms with Crippen LogP contribution in [0, 0.1) is 11.3 Å². The molecule has 0 heterocycles. The van der Waals surface area contributed by atoms with Gasteiger partial charge in [-0.2, -0.15) is 0 Å². The molecule has 6 heteroatoms. The number of amides is 2. The SMILES string of the molecule is COC(=O)c1cccc(NC(=O)C(C)(C)C(=O)NCC(C)C)c1. The fraction of sp³-hybridized carbons (Fsp3) is 0.471. The first-order chi connectivity index (χ1) is 10.7. The molecule has 0 aliphatic heterocycles. The van der Waals surface area contributed by atoms with E-state index in [0.717, 1.165) is 0 Å². The number of hydrogen-bond acceptors (Lipinski definition) is 4. The van der Waals surface area contributed by atoms with E-state index in [9.17, 15) is 14.4 Å². The minimum absolute atomic E-state index is 0.301. The largest absolute Gasteiger partial charge is 0.465 e. The Morgan fingerprint density at radius 2 is 1.83 bits per heavy atom. The van der Waals surface area contributed by atoms with Crippen molar-refractivity contribution in [3.8, 4) is 0 Å². The van der Waals surface area contributed by atoms with Gasteiger partial charge in [-0.1, -0.05) is 19.9 Å². The predicted molar refractivity (Wildman–Crippen MR) is 88.0 cm³/mol. The molecule has 0 bridgehead atoms. The summed E-state index contributed by atoms with van der Waals surface area (Å²) in [7, 11) is 1.29. The summed E-state index contributed by atoms with van der Waals surface area (Å²) in [5, 5.41) is 5.42. The molecule has 0 unspecified atom stereocenters. The number of carbonyl (C=O) groups excluding carboxylic acids is 3. The van der Waals surface area contributed by atoms with Crippen molar-refractivity contribution < 1.29 is 19.1 Å². The molecule has 0 aliphatic carbocycles. The third-order valence-corrected chi connectivity index (χ3v) is 3.35. The zero-order chi connectivity index (χ0) is 17.6. The third kappa shape index (κ3) is 5.09. The van der Waals surface area contributed by atoms with Crippen LogP contribution in [0.3, 0.4) is 0 Å². The van der Waals surface area contributed by atoms with E-state index in [4.69, 9.17) is 0 Å². The van der Waals surface area contributed by atoms with Crippen molar-refractivity contribution in [3.05, 3.63) is 29.8 Å². The minimum Gasteiger partial charge on any atom is -0.465 e. The van der Waals surface area contributed by atoms with Gasteiger partial charge in [0.1, 0.15) is 5.41 Å². The molecule has 1 aromatic rings. The van der Waals surface area contributed by atoms with E-state index < -0.39 is 17.3 Å². The third-order valence-electron chi connectivity index (χ3n) is 3.35. The highest BCUT2D eigenvalue weighted by Gasteiger charge is 2.36. The molecule has 0 atom stereocenters. The fourth-order valence-corrected chi connectivity index (χ4v) is 1.75. The molecular weight excluding hydrogens is 296 g/mol. The number of nitrogens with one attached hydrogen (secondary N) is 2. The van der Waals surface area contributed by atoms with Crippen LogP contribution < -0.4 is 10.6 Å². The number of methoxy groups -OCH3 is 1. The fourth-order valence-electron chi connectivity index (χ4n) is 1.75. The molecule has 1 rings (SSSR count). The summed E-state index contributed by atoms with van der Waals surface area (Å²) < 4.78 is 4.64. The van der Waals surface area contributed by atoms with Crippen LogP contribution in [0.15, 0.2) is 24.3 Å². The van der Waals surface area contributed by atoms with E-state index in [1.165, 1.54) is 13.2 Å². The molecule has 0 saturated carbocycles. The quantitative estimate of drug-likeness (QED) is 0.622. The summed E-state index contributed by atoms with van der Waals surface area (Å²) in [6.07, 6.45) is 0. The van der Waals surface area contributed by atoms with Gasteiger partial charge in [0.2, 0.25) is 11.8 Å². The first kappa shape index (κ1) is 18.7. The summed E-state index contributed by atoms with van der Waals surface area (Å²) in [6, 6.07) is 6.37. The Bertz CT molecular complexity index is 594. The standard InChI is InChI=1S/C17H24N2O4/c1-11(2)10-18-15(21)17(3,4)16(22)19-13-8-6-7-12(9-13)14(20)23-5/h6-9,11H,10H2,1-5H3,(H,18,21)(H,19,22). The van der Waals surface area contributed by atoms with Gasteiger partial charge in [0.05, 0.1) is 12.7 Å². The molecule has 0 radical (unpaired) electrons. The second-order valence-electron chi connectivity index (χ2n) is 6.26. The Labute approximate surface area is 136 Å². The average molecular weight is 320 g/mol. The normalized spacial score (nSPS) is 11.0. The van der Waals surface area contributed by atoms with Crippen LogP contribution in [-0.2, 0) is 14.3 Å². The number of esters is 1. The van der Waals surface area contributed by atoms with Crippen LogP contribution in [0.5, 0.6) is 0 Å². The number of carbonyl (C=O) groups is 3. The van der Waals surface area contributed by atoms with Gasteiger partial charge in [0.15, 0.2) is 0 Å². The van der Waals surface area contributed by atoms with Gasteiger partial charge in [-0.15, -0.1) is 0 Å². The molecule has 0 saturated heterocycles. The first-order valence-electron chi connectivity index (χ1n) is 7.46. The smallest absolute Gasteiger partial charge is 0.337 e. The van der Waals surface area contributed by atoms with Crippen LogP contribution in [0.25, 0.3) is 0 Å². The van der Waals surface area contributed by atoms with Crippen molar-refractivity contribution in [2.75, 3.05) is 19.0 Å². The topological polar surface area (TPSA) is 84.5 Å². The van der Waals surface area contributed by atoms with Crippen molar-refractivity contribution in [2.24, 2.45) is 11.3 Å². The van der Waals surface area contributed by atoms with Crippen molar-refractivity contribution in [3.63, 3.8) is 0 Å². The van der Waals surface area contributed by atoms with Gasteiger partial charge in [0.25, 0.3) is 0 Å². The lowest BCUT2D eigenvalue weighted by atomic mass is 9.90. The molecule has 1 aromatic carbocycles. The first-order valence-corrected chi connectivity index (χ1v) is 7.46. The second-order valence-corrected chi connectivity index (χ2v) is 6.26. The highest BCUT2D eigenvalue weighted by atomic mass is 16.5. The van der Waals surface area contributed by atoms with Gasteiger partial charge in [-0.3, -0.25) is 9.59 Å².